The van der Waals surface area contributed by atoms with Crippen molar-refractivity contribution >= 4 is 39.6 Å². The molecule has 1 aromatic carbocycles. The number of nitrogens with zero attached hydrogens (tertiary/aromatic N) is 1. The number of fused-ring (bicyclic) bond motifs is 1. The lowest BCUT2D eigenvalue weighted by Gasteiger charge is -2.12. The van der Waals surface area contributed by atoms with Crippen LogP contribution >= 0.6 is 22.9 Å². The van der Waals surface area contributed by atoms with Crippen molar-refractivity contribution in [2.45, 2.75) is 25.8 Å². The van der Waals surface area contributed by atoms with E-state index in [1.54, 1.807) is 18.4 Å². The van der Waals surface area contributed by atoms with Gasteiger partial charge in [0.25, 0.3) is 5.91 Å². The van der Waals surface area contributed by atoms with Gasteiger partial charge in [-0.2, -0.15) is 0 Å². The van der Waals surface area contributed by atoms with E-state index >= 15 is 0 Å². The average molecular weight is 375 g/mol. The summed E-state index contributed by atoms with van der Waals surface area (Å²) in [6.45, 7) is 4.69. The number of ether oxygens (including phenoxy) is 1. The summed E-state index contributed by atoms with van der Waals surface area (Å²) < 4.78 is 5.28. The van der Waals surface area contributed by atoms with Crippen LogP contribution in [-0.4, -0.2) is 30.9 Å². The predicted molar refractivity (Wildman–Crippen MR) is 102 cm³/mol. The molecule has 1 aliphatic heterocycles. The number of methoxy groups -OCH3 is 1. The van der Waals surface area contributed by atoms with Crippen molar-refractivity contribution in [3.63, 3.8) is 0 Å². The van der Waals surface area contributed by atoms with Crippen LogP contribution in [0.3, 0.4) is 0 Å². The maximum atomic E-state index is 12.9. The highest BCUT2D eigenvalue weighted by atomic mass is 35.5. The number of amides is 1. The molecular weight excluding hydrogens is 356 g/mol. The molecular formula is C19H19ClN2O2S. The quantitative estimate of drug-likeness (QED) is 0.874. The van der Waals surface area contributed by atoms with Crippen molar-refractivity contribution in [2.24, 2.45) is 10.9 Å². The standard InChI is InChI=1S/C19H19ClN2O2S/c1-10-11(2)25-17-15(10)16(12-4-6-14(20)7-5-12)22-19(18(23)21-17)8-13(19)9-24-3/h4-7,13H,8-9H2,1-3H3,(H,21,23)/t13-,19-/m0/s1. The number of thiophene rings is 1. The summed E-state index contributed by atoms with van der Waals surface area (Å²) in [6.07, 6.45) is 0.719. The van der Waals surface area contributed by atoms with Crippen LogP contribution in [0.15, 0.2) is 29.3 Å². The number of hydrogen-bond acceptors (Lipinski definition) is 4. The van der Waals surface area contributed by atoms with Crippen LogP contribution in [-0.2, 0) is 9.53 Å². The zero-order valence-corrected chi connectivity index (χ0v) is 15.9. The normalized spacial score (nSPS) is 24.6. The highest BCUT2D eigenvalue weighted by molar-refractivity contribution is 7.17. The first-order chi connectivity index (χ1) is 12.0. The van der Waals surface area contributed by atoms with Gasteiger partial charge < -0.3 is 10.1 Å². The van der Waals surface area contributed by atoms with Crippen molar-refractivity contribution < 1.29 is 9.53 Å². The van der Waals surface area contributed by atoms with Gasteiger partial charge in [-0.3, -0.25) is 9.79 Å². The molecule has 2 aromatic rings. The number of carbonyl (C=O) groups excluding carboxylic acids is 1. The van der Waals surface area contributed by atoms with E-state index in [2.05, 4.69) is 19.2 Å². The third-order valence-corrected chi connectivity index (χ3v) is 6.49. The monoisotopic (exact) mass is 374 g/mol. The minimum atomic E-state index is -0.718. The molecule has 2 atom stereocenters. The minimum absolute atomic E-state index is 0.0268. The van der Waals surface area contributed by atoms with Crippen LogP contribution in [0.5, 0.6) is 0 Å². The smallest absolute Gasteiger partial charge is 0.253 e. The molecule has 6 heteroatoms. The van der Waals surface area contributed by atoms with Crippen molar-refractivity contribution in [2.75, 3.05) is 19.0 Å². The fraction of sp³-hybridized carbons (Fsp3) is 0.368. The fourth-order valence-corrected chi connectivity index (χ4v) is 4.65. The highest BCUT2D eigenvalue weighted by Crippen LogP contribution is 2.51. The molecule has 0 radical (unpaired) electrons. The largest absolute Gasteiger partial charge is 0.384 e. The highest BCUT2D eigenvalue weighted by Gasteiger charge is 2.61. The number of aryl methyl sites for hydroxylation is 1. The molecule has 4 nitrogen and oxygen atoms in total. The molecule has 1 aromatic heterocycles. The van der Waals surface area contributed by atoms with Crippen molar-refractivity contribution in [1.29, 1.82) is 0 Å². The van der Waals surface area contributed by atoms with E-state index < -0.39 is 5.54 Å². The summed E-state index contributed by atoms with van der Waals surface area (Å²) in [6, 6.07) is 7.66. The Morgan fingerprint density at radius 2 is 2.08 bits per heavy atom. The van der Waals surface area contributed by atoms with E-state index in [1.807, 2.05) is 24.3 Å². The summed E-state index contributed by atoms with van der Waals surface area (Å²) in [5, 5.41) is 4.69. The molecule has 0 bridgehead atoms. The minimum Gasteiger partial charge on any atom is -0.384 e. The molecule has 2 aliphatic rings. The number of benzene rings is 1. The summed E-state index contributed by atoms with van der Waals surface area (Å²) in [5.41, 5.74) is 3.31. The van der Waals surface area contributed by atoms with Crippen LogP contribution in [0.4, 0.5) is 5.00 Å². The van der Waals surface area contributed by atoms with Crippen LogP contribution in [0.2, 0.25) is 5.02 Å². The van der Waals surface area contributed by atoms with Gasteiger partial charge in [-0.25, -0.2) is 0 Å². The Bertz CT molecular complexity index is 888. The van der Waals surface area contributed by atoms with Gasteiger partial charge in [0.05, 0.1) is 12.3 Å². The molecule has 1 spiro atoms. The topological polar surface area (TPSA) is 50.7 Å². The van der Waals surface area contributed by atoms with Crippen LogP contribution in [0, 0.1) is 19.8 Å². The molecule has 1 amide bonds. The number of hydrogen-bond donors (Lipinski definition) is 1. The molecule has 2 heterocycles. The van der Waals surface area contributed by atoms with E-state index in [0.29, 0.717) is 11.6 Å². The van der Waals surface area contributed by atoms with Crippen LogP contribution in [0.1, 0.15) is 28.0 Å². The SMILES string of the molecule is COC[C@@H]1C[C@]12N=C(c1ccc(Cl)cc1)c1c(sc(C)c1C)NC2=O. The maximum Gasteiger partial charge on any atom is 0.253 e. The van der Waals surface area contributed by atoms with Gasteiger partial charge in [-0.05, 0) is 38.0 Å². The number of rotatable bonds is 3. The second kappa shape index (κ2) is 5.94. The first kappa shape index (κ1) is 16.8. The third kappa shape index (κ3) is 2.62. The number of anilines is 1. The Balaban J connectivity index is 1.91. The Morgan fingerprint density at radius 3 is 2.76 bits per heavy atom. The molecule has 25 heavy (non-hydrogen) atoms. The van der Waals surface area contributed by atoms with E-state index in [-0.39, 0.29) is 11.8 Å². The number of carbonyl (C=O) groups is 1. The fourth-order valence-electron chi connectivity index (χ4n) is 3.46. The van der Waals surface area contributed by atoms with Crippen molar-refractivity contribution in [3.8, 4) is 0 Å². The molecule has 0 unspecified atom stereocenters. The second-order valence-electron chi connectivity index (χ2n) is 6.69. The van der Waals surface area contributed by atoms with Gasteiger partial charge >= 0.3 is 0 Å². The van der Waals surface area contributed by atoms with Crippen molar-refractivity contribution in [1.82, 2.24) is 0 Å². The number of halogens is 1. The number of aliphatic imine (C=N–C) groups is 1. The molecule has 1 saturated carbocycles. The molecule has 4 rings (SSSR count). The molecule has 1 fully saturated rings. The maximum absolute atomic E-state index is 12.9. The summed E-state index contributed by atoms with van der Waals surface area (Å²) in [5.74, 6) is 0.0937. The van der Waals surface area contributed by atoms with Crippen molar-refractivity contribution in [3.05, 3.63) is 50.9 Å². The molecule has 1 N–H and O–H groups in total. The van der Waals surface area contributed by atoms with Gasteiger partial charge in [0.15, 0.2) is 0 Å². The number of nitrogens with one attached hydrogen (secondary N) is 1. The Labute approximate surface area is 155 Å². The summed E-state index contributed by atoms with van der Waals surface area (Å²) in [7, 11) is 1.66. The molecule has 130 valence electrons. The second-order valence-corrected chi connectivity index (χ2v) is 8.35. The van der Waals surface area contributed by atoms with E-state index in [4.69, 9.17) is 21.3 Å². The van der Waals surface area contributed by atoms with Gasteiger partial charge in [0.2, 0.25) is 0 Å². The van der Waals surface area contributed by atoms with E-state index in [0.717, 1.165) is 33.8 Å². The third-order valence-electron chi connectivity index (χ3n) is 5.11. The van der Waals surface area contributed by atoms with Crippen LogP contribution < -0.4 is 5.32 Å². The Morgan fingerprint density at radius 1 is 1.36 bits per heavy atom. The average Bonchev–Trinajstić information content (AvgIpc) is 3.23. The predicted octanol–water partition coefficient (Wildman–Crippen LogP) is 4.21. The zero-order chi connectivity index (χ0) is 17.8. The lowest BCUT2D eigenvalue weighted by Crippen LogP contribution is -2.30. The van der Waals surface area contributed by atoms with Crippen LogP contribution in [0.25, 0.3) is 0 Å². The van der Waals surface area contributed by atoms with Gasteiger partial charge in [-0.15, -0.1) is 11.3 Å². The molecule has 1 aliphatic carbocycles. The van der Waals surface area contributed by atoms with Gasteiger partial charge in [0.1, 0.15) is 10.5 Å². The zero-order valence-electron chi connectivity index (χ0n) is 14.4. The Hall–Kier alpha value is -1.69. The van der Waals surface area contributed by atoms with E-state index in [1.165, 1.54) is 4.88 Å². The van der Waals surface area contributed by atoms with Gasteiger partial charge in [0, 0.05) is 34.1 Å². The van der Waals surface area contributed by atoms with Gasteiger partial charge in [-0.1, -0.05) is 23.7 Å². The first-order valence-corrected chi connectivity index (χ1v) is 9.42. The lowest BCUT2D eigenvalue weighted by molar-refractivity contribution is -0.118. The summed E-state index contributed by atoms with van der Waals surface area (Å²) >= 11 is 7.66. The summed E-state index contributed by atoms with van der Waals surface area (Å²) in [4.78, 5) is 19.1. The Kier molecular flexibility index (Phi) is 3.98. The lowest BCUT2D eigenvalue weighted by atomic mass is 10.00. The first-order valence-electron chi connectivity index (χ1n) is 8.23. The van der Waals surface area contributed by atoms with E-state index in [9.17, 15) is 4.79 Å². The molecule has 0 saturated heterocycles.